The van der Waals surface area contributed by atoms with Crippen molar-refractivity contribution in [2.24, 2.45) is 0 Å². The zero-order valence-corrected chi connectivity index (χ0v) is 17.4. The molecule has 6 heteroatoms. The first kappa shape index (κ1) is 21.1. The standard InChI is InChI=1S/C22H34N2O4/c1-16-7-8-17-9-12-24(18(14-27-2)20(17)21(16)28-3)19(25)13-23-15-22(26)10-5-4-6-11-22/h7-8,18,23,26H,4-6,9-15H2,1-3H3. The number of nitrogens with one attached hydrogen (secondary N) is 1. The largest absolute Gasteiger partial charge is 0.496 e. The number of hydrogen-bond donors (Lipinski definition) is 2. The molecule has 1 atom stereocenters. The number of fused-ring (bicyclic) bond motifs is 1. The number of rotatable bonds is 7. The van der Waals surface area contributed by atoms with Gasteiger partial charge in [0.2, 0.25) is 5.91 Å². The number of benzene rings is 1. The molecule has 0 radical (unpaired) electrons. The lowest BCUT2D eigenvalue weighted by Crippen LogP contribution is -2.49. The van der Waals surface area contributed by atoms with Crippen molar-refractivity contribution in [3.05, 3.63) is 28.8 Å². The predicted molar refractivity (Wildman–Crippen MR) is 109 cm³/mol. The molecule has 0 aromatic heterocycles. The molecule has 1 heterocycles. The predicted octanol–water partition coefficient (Wildman–Crippen LogP) is 2.36. The Labute approximate surface area is 168 Å². The third-order valence-corrected chi connectivity index (χ3v) is 6.18. The van der Waals surface area contributed by atoms with E-state index < -0.39 is 5.60 Å². The van der Waals surface area contributed by atoms with Crippen LogP contribution in [0.5, 0.6) is 5.75 Å². The molecule has 1 amide bonds. The van der Waals surface area contributed by atoms with Gasteiger partial charge in [-0.25, -0.2) is 0 Å². The van der Waals surface area contributed by atoms with E-state index in [2.05, 4.69) is 17.4 Å². The summed E-state index contributed by atoms with van der Waals surface area (Å²) in [6.07, 6.45) is 5.74. The average Bonchev–Trinajstić information content (AvgIpc) is 2.68. The average molecular weight is 391 g/mol. The number of hydrogen-bond acceptors (Lipinski definition) is 5. The number of carbonyl (C=O) groups excluding carboxylic acids is 1. The number of aliphatic hydroxyl groups is 1. The Bertz CT molecular complexity index is 685. The summed E-state index contributed by atoms with van der Waals surface area (Å²) in [5, 5.41) is 13.8. The van der Waals surface area contributed by atoms with Crippen LogP contribution in [-0.4, -0.2) is 62.0 Å². The Morgan fingerprint density at radius 2 is 2.04 bits per heavy atom. The van der Waals surface area contributed by atoms with E-state index in [1.807, 2.05) is 11.8 Å². The van der Waals surface area contributed by atoms with Crippen molar-refractivity contribution in [2.75, 3.05) is 40.5 Å². The van der Waals surface area contributed by atoms with E-state index in [0.29, 0.717) is 19.7 Å². The molecule has 1 aromatic carbocycles. The van der Waals surface area contributed by atoms with Gasteiger partial charge < -0.3 is 24.8 Å². The minimum Gasteiger partial charge on any atom is -0.496 e. The first-order chi connectivity index (χ1) is 13.5. The number of aryl methyl sites for hydroxylation is 1. The van der Waals surface area contributed by atoms with E-state index in [9.17, 15) is 9.90 Å². The summed E-state index contributed by atoms with van der Waals surface area (Å²) in [6.45, 7) is 3.82. The van der Waals surface area contributed by atoms with Gasteiger partial charge in [0.1, 0.15) is 5.75 Å². The molecule has 3 rings (SSSR count). The van der Waals surface area contributed by atoms with Crippen LogP contribution in [0.4, 0.5) is 0 Å². The van der Waals surface area contributed by atoms with Crippen molar-refractivity contribution in [3.63, 3.8) is 0 Å². The fourth-order valence-electron chi connectivity index (χ4n) is 4.68. The Balaban J connectivity index is 1.70. The summed E-state index contributed by atoms with van der Waals surface area (Å²) < 4.78 is 11.1. The number of ether oxygens (including phenoxy) is 2. The molecule has 156 valence electrons. The van der Waals surface area contributed by atoms with Gasteiger partial charge in [-0.15, -0.1) is 0 Å². The minimum atomic E-state index is -0.667. The van der Waals surface area contributed by atoms with Crippen LogP contribution >= 0.6 is 0 Å². The summed E-state index contributed by atoms with van der Waals surface area (Å²) in [5.74, 6) is 0.886. The van der Waals surface area contributed by atoms with Crippen molar-refractivity contribution >= 4 is 5.91 Å². The van der Waals surface area contributed by atoms with Gasteiger partial charge in [0, 0.05) is 25.8 Å². The molecular formula is C22H34N2O4. The van der Waals surface area contributed by atoms with E-state index in [-0.39, 0.29) is 18.5 Å². The Morgan fingerprint density at radius 3 is 2.71 bits per heavy atom. The Kier molecular flexibility index (Phi) is 6.96. The van der Waals surface area contributed by atoms with Crippen LogP contribution in [-0.2, 0) is 16.0 Å². The molecule has 0 spiro atoms. The maximum Gasteiger partial charge on any atom is 0.237 e. The lowest BCUT2D eigenvalue weighted by atomic mass is 9.85. The number of methoxy groups -OCH3 is 2. The highest BCUT2D eigenvalue weighted by atomic mass is 16.5. The number of carbonyl (C=O) groups is 1. The van der Waals surface area contributed by atoms with Crippen LogP contribution in [0.25, 0.3) is 0 Å². The summed E-state index contributed by atoms with van der Waals surface area (Å²) >= 11 is 0. The second-order valence-corrected chi connectivity index (χ2v) is 8.19. The first-order valence-electron chi connectivity index (χ1n) is 10.4. The maximum absolute atomic E-state index is 13.0. The third kappa shape index (κ3) is 4.50. The molecule has 2 N–H and O–H groups in total. The molecular weight excluding hydrogens is 356 g/mol. The lowest BCUT2D eigenvalue weighted by molar-refractivity contribution is -0.134. The van der Waals surface area contributed by atoms with E-state index in [1.165, 1.54) is 12.0 Å². The summed E-state index contributed by atoms with van der Waals surface area (Å²) in [7, 11) is 3.34. The molecule has 0 saturated heterocycles. The van der Waals surface area contributed by atoms with Gasteiger partial charge in [0.05, 0.1) is 31.9 Å². The van der Waals surface area contributed by atoms with Crippen molar-refractivity contribution < 1.29 is 19.4 Å². The molecule has 2 aliphatic rings. The van der Waals surface area contributed by atoms with Crippen LogP contribution < -0.4 is 10.1 Å². The quantitative estimate of drug-likeness (QED) is 0.748. The van der Waals surface area contributed by atoms with E-state index in [1.54, 1.807) is 14.2 Å². The highest BCUT2D eigenvalue weighted by molar-refractivity contribution is 5.79. The molecule has 1 aliphatic carbocycles. The molecule has 1 unspecified atom stereocenters. The van der Waals surface area contributed by atoms with E-state index >= 15 is 0 Å². The topological polar surface area (TPSA) is 71.0 Å². The van der Waals surface area contributed by atoms with Crippen molar-refractivity contribution in [1.82, 2.24) is 10.2 Å². The smallest absolute Gasteiger partial charge is 0.237 e. The fraction of sp³-hybridized carbons (Fsp3) is 0.682. The van der Waals surface area contributed by atoms with Crippen LogP contribution in [0.3, 0.4) is 0 Å². The van der Waals surface area contributed by atoms with Crippen molar-refractivity contribution in [3.8, 4) is 5.75 Å². The van der Waals surface area contributed by atoms with Crippen LogP contribution in [0.15, 0.2) is 12.1 Å². The lowest BCUT2D eigenvalue weighted by Gasteiger charge is -2.38. The minimum absolute atomic E-state index is 0.0377. The molecule has 1 aliphatic heterocycles. The highest BCUT2D eigenvalue weighted by Crippen LogP contribution is 2.38. The van der Waals surface area contributed by atoms with Gasteiger partial charge in [-0.05, 0) is 37.3 Å². The molecule has 1 fully saturated rings. The number of amides is 1. The molecule has 1 aromatic rings. The summed E-state index contributed by atoms with van der Waals surface area (Å²) in [5.41, 5.74) is 2.68. The maximum atomic E-state index is 13.0. The summed E-state index contributed by atoms with van der Waals surface area (Å²) in [4.78, 5) is 14.9. The molecule has 6 nitrogen and oxygen atoms in total. The van der Waals surface area contributed by atoms with Crippen LogP contribution in [0, 0.1) is 6.92 Å². The second-order valence-electron chi connectivity index (χ2n) is 8.19. The third-order valence-electron chi connectivity index (χ3n) is 6.18. The zero-order valence-electron chi connectivity index (χ0n) is 17.4. The first-order valence-corrected chi connectivity index (χ1v) is 10.4. The van der Waals surface area contributed by atoms with Gasteiger partial charge in [-0.1, -0.05) is 31.4 Å². The normalized spacial score (nSPS) is 21.3. The molecule has 1 saturated carbocycles. The van der Waals surface area contributed by atoms with E-state index in [4.69, 9.17) is 9.47 Å². The Morgan fingerprint density at radius 1 is 1.29 bits per heavy atom. The van der Waals surface area contributed by atoms with Crippen LogP contribution in [0.2, 0.25) is 0 Å². The molecule has 28 heavy (non-hydrogen) atoms. The van der Waals surface area contributed by atoms with Gasteiger partial charge in [0.15, 0.2) is 0 Å². The zero-order chi connectivity index (χ0) is 20.1. The van der Waals surface area contributed by atoms with E-state index in [0.717, 1.165) is 49.0 Å². The second kappa shape index (κ2) is 9.25. The van der Waals surface area contributed by atoms with Crippen molar-refractivity contribution in [2.45, 2.75) is 57.1 Å². The fourth-order valence-corrected chi connectivity index (χ4v) is 4.68. The van der Waals surface area contributed by atoms with Crippen molar-refractivity contribution in [1.29, 1.82) is 0 Å². The Hall–Kier alpha value is -1.63. The van der Waals surface area contributed by atoms with Gasteiger partial charge in [-0.3, -0.25) is 4.79 Å². The summed E-state index contributed by atoms with van der Waals surface area (Å²) in [6, 6.07) is 4.05. The molecule has 0 bridgehead atoms. The number of nitrogens with zero attached hydrogens (tertiary/aromatic N) is 1. The van der Waals surface area contributed by atoms with Gasteiger partial charge in [0.25, 0.3) is 0 Å². The van der Waals surface area contributed by atoms with Gasteiger partial charge >= 0.3 is 0 Å². The SMILES string of the molecule is COCC1c2c(ccc(C)c2OC)CCN1C(=O)CNCC1(O)CCCCC1. The highest BCUT2D eigenvalue weighted by Gasteiger charge is 2.34. The van der Waals surface area contributed by atoms with Crippen LogP contribution in [0.1, 0.15) is 54.8 Å². The monoisotopic (exact) mass is 390 g/mol. The van der Waals surface area contributed by atoms with Gasteiger partial charge in [-0.2, -0.15) is 0 Å².